The number of esters is 1. The van der Waals surface area contributed by atoms with Gasteiger partial charge in [-0.25, -0.2) is 0 Å². The topological polar surface area (TPSA) is 96.0 Å². The summed E-state index contributed by atoms with van der Waals surface area (Å²) in [6, 6.07) is 0. The minimum Gasteiger partial charge on any atom is -0.466 e. The van der Waals surface area contributed by atoms with Gasteiger partial charge in [0.05, 0.1) is 25.6 Å². The number of piperidine rings is 1. The minimum atomic E-state index is -0.271. The molecule has 8 heteroatoms. The molecule has 1 heterocycles. The van der Waals surface area contributed by atoms with Crippen molar-refractivity contribution in [2.24, 2.45) is 29.1 Å². The van der Waals surface area contributed by atoms with E-state index in [-0.39, 0.29) is 48.1 Å². The zero-order chi connectivity index (χ0) is 22.9. The van der Waals surface area contributed by atoms with E-state index in [0.29, 0.717) is 50.3 Å². The molecule has 0 unspecified atom stereocenters. The van der Waals surface area contributed by atoms with Crippen LogP contribution in [-0.2, 0) is 23.9 Å². The van der Waals surface area contributed by atoms with Crippen molar-refractivity contribution in [2.45, 2.75) is 58.3 Å². The summed E-state index contributed by atoms with van der Waals surface area (Å²) < 4.78 is 5.07. The van der Waals surface area contributed by atoms with E-state index in [1.54, 1.807) is 18.9 Å². The Hall–Kier alpha value is -2.12. The molecule has 0 aromatic carbocycles. The van der Waals surface area contributed by atoms with Crippen LogP contribution in [0.15, 0.2) is 0 Å². The normalized spacial score (nSPS) is 31.3. The molecular weight excluding hydrogens is 410 g/mol. The largest absolute Gasteiger partial charge is 0.466 e. The highest BCUT2D eigenvalue weighted by atomic mass is 16.5. The lowest BCUT2D eigenvalue weighted by molar-refractivity contribution is -0.151. The number of carbonyl (C=O) groups excluding carboxylic acids is 4. The predicted molar refractivity (Wildman–Crippen MR) is 117 cm³/mol. The molecular formula is C24H37N3O5. The van der Waals surface area contributed by atoms with E-state index >= 15 is 0 Å². The Bertz CT molecular complexity index is 723. The lowest BCUT2D eigenvalue weighted by Crippen LogP contribution is -2.55. The molecule has 178 valence electrons. The third kappa shape index (κ3) is 4.79. The Labute approximate surface area is 190 Å². The SMILES string of the molecule is CCOC(=O)C1CCN(C(=O)CN(C)C(=O)CNC(=O)C23CC4CC(CC(C4)C2)C3)CC1. The molecule has 0 aromatic rings. The summed E-state index contributed by atoms with van der Waals surface area (Å²) >= 11 is 0. The van der Waals surface area contributed by atoms with Crippen molar-refractivity contribution >= 4 is 23.7 Å². The first-order chi connectivity index (χ1) is 15.3. The number of ether oxygens (including phenoxy) is 1. The molecule has 5 fully saturated rings. The Morgan fingerprint density at radius 1 is 1.00 bits per heavy atom. The fourth-order valence-corrected chi connectivity index (χ4v) is 6.88. The molecule has 4 aliphatic carbocycles. The molecule has 5 aliphatic rings. The average Bonchev–Trinajstić information content (AvgIpc) is 2.76. The van der Waals surface area contributed by atoms with E-state index in [9.17, 15) is 19.2 Å². The van der Waals surface area contributed by atoms with Crippen LogP contribution in [-0.4, -0.2) is 73.3 Å². The number of likely N-dealkylation sites (N-methyl/N-ethyl adjacent to an activating group) is 1. The molecule has 5 rings (SSSR count). The number of likely N-dealkylation sites (tertiary alicyclic amines) is 1. The second-order valence-electron chi connectivity index (χ2n) is 10.5. The van der Waals surface area contributed by atoms with Gasteiger partial charge in [-0.2, -0.15) is 0 Å². The second-order valence-corrected chi connectivity index (χ2v) is 10.5. The number of nitrogens with zero attached hydrogens (tertiary/aromatic N) is 2. The van der Waals surface area contributed by atoms with Crippen molar-refractivity contribution in [3.05, 3.63) is 0 Å². The molecule has 1 aliphatic heterocycles. The van der Waals surface area contributed by atoms with E-state index < -0.39 is 0 Å². The third-order valence-electron chi connectivity index (χ3n) is 8.19. The summed E-state index contributed by atoms with van der Waals surface area (Å²) in [6.07, 6.45) is 7.89. The van der Waals surface area contributed by atoms with Crippen LogP contribution in [0, 0.1) is 29.1 Å². The van der Waals surface area contributed by atoms with E-state index in [2.05, 4.69) is 5.32 Å². The lowest BCUT2D eigenvalue weighted by Gasteiger charge is -2.55. The maximum atomic E-state index is 13.0. The summed E-state index contributed by atoms with van der Waals surface area (Å²) in [6.45, 7) is 3.06. The molecule has 4 saturated carbocycles. The number of nitrogens with one attached hydrogen (secondary N) is 1. The van der Waals surface area contributed by atoms with E-state index in [1.165, 1.54) is 24.2 Å². The second kappa shape index (κ2) is 9.40. The Kier molecular flexibility index (Phi) is 6.77. The van der Waals surface area contributed by atoms with Gasteiger partial charge in [-0.1, -0.05) is 0 Å². The van der Waals surface area contributed by atoms with Crippen LogP contribution in [0.5, 0.6) is 0 Å². The van der Waals surface area contributed by atoms with Gasteiger partial charge >= 0.3 is 5.97 Å². The van der Waals surface area contributed by atoms with E-state index in [4.69, 9.17) is 4.74 Å². The van der Waals surface area contributed by atoms with Crippen molar-refractivity contribution in [1.29, 1.82) is 0 Å². The molecule has 1 N–H and O–H groups in total. The van der Waals surface area contributed by atoms with Crippen LogP contribution in [0.25, 0.3) is 0 Å². The fourth-order valence-electron chi connectivity index (χ4n) is 6.88. The summed E-state index contributed by atoms with van der Waals surface area (Å²) in [7, 11) is 1.60. The van der Waals surface area contributed by atoms with E-state index in [0.717, 1.165) is 19.3 Å². The summed E-state index contributed by atoms with van der Waals surface area (Å²) in [5.74, 6) is 1.34. The van der Waals surface area contributed by atoms with Gasteiger partial charge in [0.25, 0.3) is 0 Å². The standard InChI is InChI=1S/C24H37N3O5/c1-3-32-22(30)19-4-6-27(7-5-19)21(29)15-26(2)20(28)14-25-23(31)24-11-16-8-17(12-24)10-18(9-16)13-24/h16-19H,3-15H2,1-2H3,(H,25,31). The van der Waals surface area contributed by atoms with Crippen LogP contribution in [0.3, 0.4) is 0 Å². The molecule has 0 aromatic heterocycles. The number of carbonyl (C=O) groups is 4. The van der Waals surface area contributed by atoms with Crippen LogP contribution >= 0.6 is 0 Å². The van der Waals surface area contributed by atoms with Crippen molar-refractivity contribution < 1.29 is 23.9 Å². The quantitative estimate of drug-likeness (QED) is 0.598. The summed E-state index contributed by atoms with van der Waals surface area (Å²) in [4.78, 5) is 53.2. The molecule has 8 nitrogen and oxygen atoms in total. The van der Waals surface area contributed by atoms with Gasteiger partial charge in [-0.05, 0) is 76.0 Å². The molecule has 0 radical (unpaired) electrons. The van der Waals surface area contributed by atoms with Gasteiger partial charge in [0, 0.05) is 25.6 Å². The number of hydrogen-bond acceptors (Lipinski definition) is 5. The van der Waals surface area contributed by atoms with E-state index in [1.807, 2.05) is 0 Å². The minimum absolute atomic E-state index is 0.0177. The lowest BCUT2D eigenvalue weighted by atomic mass is 9.49. The first-order valence-corrected chi connectivity index (χ1v) is 12.3. The zero-order valence-corrected chi connectivity index (χ0v) is 19.4. The van der Waals surface area contributed by atoms with Gasteiger partial charge < -0.3 is 19.9 Å². The molecule has 1 saturated heterocycles. The van der Waals surface area contributed by atoms with Crippen LogP contribution in [0.4, 0.5) is 0 Å². The van der Waals surface area contributed by atoms with Gasteiger partial charge in [-0.15, -0.1) is 0 Å². The van der Waals surface area contributed by atoms with Crippen LogP contribution in [0.1, 0.15) is 58.3 Å². The highest BCUT2D eigenvalue weighted by Gasteiger charge is 2.54. The maximum absolute atomic E-state index is 13.0. The fraction of sp³-hybridized carbons (Fsp3) is 0.833. The van der Waals surface area contributed by atoms with Crippen molar-refractivity contribution in [3.63, 3.8) is 0 Å². The van der Waals surface area contributed by atoms with Gasteiger partial charge in [0.15, 0.2) is 0 Å². The third-order valence-corrected chi connectivity index (χ3v) is 8.19. The first kappa shape index (κ1) is 23.1. The van der Waals surface area contributed by atoms with Crippen LogP contribution in [0.2, 0.25) is 0 Å². The van der Waals surface area contributed by atoms with Crippen molar-refractivity contribution in [1.82, 2.24) is 15.1 Å². The molecule has 4 bridgehead atoms. The number of rotatable bonds is 7. The molecule has 3 amide bonds. The van der Waals surface area contributed by atoms with Gasteiger partial charge in [-0.3, -0.25) is 19.2 Å². The number of amides is 3. The Balaban J connectivity index is 1.20. The smallest absolute Gasteiger partial charge is 0.309 e. The Morgan fingerprint density at radius 2 is 1.56 bits per heavy atom. The highest BCUT2D eigenvalue weighted by Crippen LogP contribution is 2.60. The zero-order valence-electron chi connectivity index (χ0n) is 19.4. The van der Waals surface area contributed by atoms with Crippen molar-refractivity contribution in [2.75, 3.05) is 39.8 Å². The average molecular weight is 448 g/mol. The maximum Gasteiger partial charge on any atom is 0.309 e. The predicted octanol–water partition coefficient (Wildman–Crippen LogP) is 1.58. The molecule has 0 spiro atoms. The van der Waals surface area contributed by atoms with Crippen molar-refractivity contribution in [3.8, 4) is 0 Å². The number of hydrogen-bond donors (Lipinski definition) is 1. The highest BCUT2D eigenvalue weighted by molar-refractivity contribution is 5.90. The Morgan fingerprint density at radius 3 is 2.09 bits per heavy atom. The van der Waals surface area contributed by atoms with Gasteiger partial charge in [0.2, 0.25) is 17.7 Å². The van der Waals surface area contributed by atoms with Crippen LogP contribution < -0.4 is 5.32 Å². The molecule has 32 heavy (non-hydrogen) atoms. The monoisotopic (exact) mass is 447 g/mol. The summed E-state index contributed by atoms with van der Waals surface area (Å²) in [5.41, 5.74) is -0.271. The molecule has 0 atom stereocenters. The van der Waals surface area contributed by atoms with Gasteiger partial charge in [0.1, 0.15) is 0 Å². The first-order valence-electron chi connectivity index (χ1n) is 12.3. The summed E-state index contributed by atoms with van der Waals surface area (Å²) in [5, 5.41) is 2.90.